The molecule has 0 spiro atoms. The third kappa shape index (κ3) is 3.87. The van der Waals surface area contributed by atoms with E-state index in [2.05, 4.69) is 0 Å². The van der Waals surface area contributed by atoms with Crippen molar-refractivity contribution in [3.05, 3.63) is 23.2 Å². The Morgan fingerprint density at radius 1 is 1.33 bits per heavy atom. The molecule has 1 rings (SSSR count). The molecule has 0 radical (unpaired) electrons. The maximum absolute atomic E-state index is 11.8. The summed E-state index contributed by atoms with van der Waals surface area (Å²) < 4.78 is 40.3. The molecule has 0 aliphatic heterocycles. The van der Waals surface area contributed by atoms with Crippen molar-refractivity contribution in [2.45, 2.75) is 12.6 Å². The number of hydrogen-bond acceptors (Lipinski definition) is 2. The van der Waals surface area contributed by atoms with Crippen molar-refractivity contribution >= 4 is 17.3 Å². The van der Waals surface area contributed by atoms with Crippen LogP contribution in [-0.2, 0) is 0 Å². The van der Waals surface area contributed by atoms with E-state index in [1.54, 1.807) is 6.07 Å². The summed E-state index contributed by atoms with van der Waals surface area (Å²) in [7, 11) is 0. The molecule has 2 N–H and O–H groups in total. The summed E-state index contributed by atoms with van der Waals surface area (Å²) >= 11 is 5.66. The SMILES string of the molecule is Nc1c(Cl)cccc1OCCC(F)(F)F. The summed E-state index contributed by atoms with van der Waals surface area (Å²) in [5, 5.41) is 0.263. The van der Waals surface area contributed by atoms with Crippen LogP contribution in [0.3, 0.4) is 0 Å². The maximum atomic E-state index is 11.8. The van der Waals surface area contributed by atoms with E-state index in [0.29, 0.717) is 0 Å². The Bertz CT molecular complexity index is 341. The molecule has 6 heteroatoms. The molecule has 0 saturated heterocycles. The van der Waals surface area contributed by atoms with Crippen LogP contribution in [0.25, 0.3) is 0 Å². The summed E-state index contributed by atoms with van der Waals surface area (Å²) in [6, 6.07) is 4.56. The van der Waals surface area contributed by atoms with Gasteiger partial charge in [0.2, 0.25) is 0 Å². The lowest BCUT2D eigenvalue weighted by molar-refractivity contribution is -0.139. The first-order valence-electron chi connectivity index (χ1n) is 4.13. The third-order valence-electron chi connectivity index (χ3n) is 1.66. The lowest BCUT2D eigenvalue weighted by Gasteiger charge is -2.10. The van der Waals surface area contributed by atoms with Crippen molar-refractivity contribution in [1.82, 2.24) is 0 Å². The van der Waals surface area contributed by atoms with Crippen molar-refractivity contribution in [3.8, 4) is 5.75 Å². The van der Waals surface area contributed by atoms with Crippen molar-refractivity contribution in [2.75, 3.05) is 12.3 Å². The normalized spacial score (nSPS) is 11.5. The van der Waals surface area contributed by atoms with Crippen molar-refractivity contribution in [1.29, 1.82) is 0 Å². The molecular weight excluding hydrogens is 231 g/mol. The van der Waals surface area contributed by atoms with Gasteiger partial charge in [-0.25, -0.2) is 0 Å². The molecule has 0 aromatic heterocycles. The number of anilines is 1. The van der Waals surface area contributed by atoms with Crippen LogP contribution >= 0.6 is 11.6 Å². The van der Waals surface area contributed by atoms with Gasteiger partial charge >= 0.3 is 6.18 Å². The summed E-state index contributed by atoms with van der Waals surface area (Å²) in [6.45, 7) is -0.464. The van der Waals surface area contributed by atoms with Crippen LogP contribution in [0.4, 0.5) is 18.9 Å². The van der Waals surface area contributed by atoms with E-state index in [-0.39, 0.29) is 16.5 Å². The number of ether oxygens (including phenoxy) is 1. The Labute approximate surface area is 89.8 Å². The topological polar surface area (TPSA) is 35.2 Å². The second kappa shape index (κ2) is 4.61. The molecule has 1 aromatic rings. The molecule has 0 amide bonds. The fourth-order valence-electron chi connectivity index (χ4n) is 0.920. The summed E-state index contributed by atoms with van der Waals surface area (Å²) in [5.74, 6) is 0.173. The second-order valence-electron chi connectivity index (χ2n) is 2.87. The number of alkyl halides is 3. The molecule has 0 unspecified atom stereocenters. The van der Waals surface area contributed by atoms with Crippen molar-refractivity contribution in [3.63, 3.8) is 0 Å². The standard InChI is InChI=1S/C9H9ClF3NO/c10-6-2-1-3-7(8(6)14)15-5-4-9(11,12)13/h1-3H,4-5,14H2. The van der Waals surface area contributed by atoms with Gasteiger partial charge in [0.25, 0.3) is 0 Å². The Morgan fingerprint density at radius 2 is 2.00 bits per heavy atom. The Kier molecular flexibility index (Phi) is 3.68. The van der Waals surface area contributed by atoms with E-state index in [1.807, 2.05) is 0 Å². The largest absolute Gasteiger partial charge is 0.491 e. The summed E-state index contributed by atoms with van der Waals surface area (Å²) in [5.41, 5.74) is 5.65. The van der Waals surface area contributed by atoms with Gasteiger partial charge in [-0.05, 0) is 12.1 Å². The van der Waals surface area contributed by atoms with E-state index in [1.165, 1.54) is 12.1 Å². The number of nitrogen functional groups attached to an aromatic ring is 1. The minimum absolute atomic E-state index is 0.154. The monoisotopic (exact) mass is 239 g/mol. The van der Waals surface area contributed by atoms with E-state index in [9.17, 15) is 13.2 Å². The van der Waals surface area contributed by atoms with Crippen LogP contribution < -0.4 is 10.5 Å². The zero-order valence-corrected chi connectivity index (χ0v) is 8.40. The molecule has 2 nitrogen and oxygen atoms in total. The molecule has 84 valence electrons. The minimum Gasteiger partial charge on any atom is -0.491 e. The number of nitrogens with two attached hydrogens (primary N) is 1. The average Bonchev–Trinajstić information content (AvgIpc) is 2.10. The van der Waals surface area contributed by atoms with Gasteiger partial charge in [0, 0.05) is 0 Å². The van der Waals surface area contributed by atoms with Gasteiger partial charge in [0.05, 0.1) is 23.7 Å². The molecule has 0 saturated carbocycles. The second-order valence-corrected chi connectivity index (χ2v) is 3.27. The van der Waals surface area contributed by atoms with E-state index < -0.39 is 19.2 Å². The van der Waals surface area contributed by atoms with Gasteiger partial charge in [0.15, 0.2) is 0 Å². The van der Waals surface area contributed by atoms with Crippen molar-refractivity contribution < 1.29 is 17.9 Å². The minimum atomic E-state index is -4.23. The highest BCUT2D eigenvalue weighted by Gasteiger charge is 2.26. The fourth-order valence-corrected chi connectivity index (χ4v) is 1.09. The predicted molar refractivity (Wildman–Crippen MR) is 52.0 cm³/mol. The van der Waals surface area contributed by atoms with Gasteiger partial charge in [-0.15, -0.1) is 0 Å². The van der Waals surface area contributed by atoms with Gasteiger partial charge < -0.3 is 10.5 Å². The Hall–Kier alpha value is -1.10. The van der Waals surface area contributed by atoms with E-state index >= 15 is 0 Å². The van der Waals surface area contributed by atoms with Crippen LogP contribution in [-0.4, -0.2) is 12.8 Å². The first kappa shape index (κ1) is 12.0. The first-order valence-corrected chi connectivity index (χ1v) is 4.51. The number of benzene rings is 1. The molecule has 0 bridgehead atoms. The first-order chi connectivity index (χ1) is 6.90. The summed E-state index contributed by atoms with van der Waals surface area (Å²) in [6.07, 6.45) is -5.24. The Morgan fingerprint density at radius 3 is 2.60 bits per heavy atom. The number of rotatable bonds is 3. The van der Waals surface area contributed by atoms with E-state index in [0.717, 1.165) is 0 Å². The predicted octanol–water partition coefficient (Wildman–Crippen LogP) is 3.25. The number of halogens is 4. The number of hydrogen-bond donors (Lipinski definition) is 1. The van der Waals surface area contributed by atoms with Crippen LogP contribution in [0, 0.1) is 0 Å². The highest BCUT2D eigenvalue weighted by molar-refractivity contribution is 6.33. The molecule has 1 aromatic carbocycles. The van der Waals surface area contributed by atoms with Crippen LogP contribution in [0.5, 0.6) is 5.75 Å². The molecule has 0 fully saturated rings. The molecule has 15 heavy (non-hydrogen) atoms. The summed E-state index contributed by atoms with van der Waals surface area (Å²) in [4.78, 5) is 0. The fraction of sp³-hybridized carbons (Fsp3) is 0.333. The average molecular weight is 240 g/mol. The smallest absolute Gasteiger partial charge is 0.392 e. The molecule has 0 heterocycles. The molecular formula is C9H9ClF3NO. The molecule has 0 atom stereocenters. The maximum Gasteiger partial charge on any atom is 0.392 e. The number of para-hydroxylation sites is 1. The zero-order valence-electron chi connectivity index (χ0n) is 7.64. The third-order valence-corrected chi connectivity index (χ3v) is 1.99. The van der Waals surface area contributed by atoms with Gasteiger partial charge in [-0.3, -0.25) is 0 Å². The quantitative estimate of drug-likeness (QED) is 0.822. The zero-order chi connectivity index (χ0) is 11.5. The van der Waals surface area contributed by atoms with Crippen LogP contribution in [0.1, 0.15) is 6.42 Å². The molecule has 0 aliphatic carbocycles. The lowest BCUT2D eigenvalue weighted by atomic mass is 10.3. The van der Waals surface area contributed by atoms with Gasteiger partial charge in [-0.1, -0.05) is 17.7 Å². The van der Waals surface area contributed by atoms with E-state index in [4.69, 9.17) is 22.1 Å². The highest BCUT2D eigenvalue weighted by Crippen LogP contribution is 2.29. The lowest BCUT2D eigenvalue weighted by Crippen LogP contribution is -2.13. The van der Waals surface area contributed by atoms with Gasteiger partial charge in [-0.2, -0.15) is 13.2 Å². The van der Waals surface area contributed by atoms with Crippen molar-refractivity contribution in [2.24, 2.45) is 0 Å². The van der Waals surface area contributed by atoms with Gasteiger partial charge in [0.1, 0.15) is 5.75 Å². The van der Waals surface area contributed by atoms with Crippen LogP contribution in [0.2, 0.25) is 5.02 Å². The highest BCUT2D eigenvalue weighted by atomic mass is 35.5. The van der Waals surface area contributed by atoms with Crippen LogP contribution in [0.15, 0.2) is 18.2 Å². The molecule has 0 aliphatic rings. The Balaban J connectivity index is 2.55.